The van der Waals surface area contributed by atoms with Gasteiger partial charge in [0, 0.05) is 25.3 Å². The van der Waals surface area contributed by atoms with E-state index in [4.69, 9.17) is 5.11 Å². The zero-order valence-electron chi connectivity index (χ0n) is 16.0. The number of aliphatic carboxylic acids is 1. The number of carbonyl (C=O) groups is 3. The Hall–Kier alpha value is -2.70. The smallest absolute Gasteiger partial charge is 0.303 e. The molecule has 1 aromatic heterocycles. The fraction of sp³-hybridized carbons (Fsp3) is 0.524. The van der Waals surface area contributed by atoms with Crippen molar-refractivity contribution in [1.29, 1.82) is 0 Å². The molecule has 2 amide bonds. The number of hydrogen-bond donors (Lipinski definition) is 2. The molecule has 1 saturated carbocycles. The molecule has 0 spiro atoms. The first-order chi connectivity index (χ1) is 13.4. The number of imide groups is 1. The van der Waals surface area contributed by atoms with Crippen LogP contribution in [0.2, 0.25) is 0 Å². The Bertz CT molecular complexity index is 941. The molecule has 1 saturated heterocycles. The average Bonchev–Trinajstić information content (AvgIpc) is 2.98. The topological polar surface area (TPSA) is 101 Å². The third-order valence-electron chi connectivity index (χ3n) is 6.25. The first-order valence-corrected chi connectivity index (χ1v) is 9.94. The maximum Gasteiger partial charge on any atom is 0.303 e. The van der Waals surface area contributed by atoms with Gasteiger partial charge in [-0.15, -0.1) is 0 Å². The minimum Gasteiger partial charge on any atom is -0.481 e. The van der Waals surface area contributed by atoms with Crippen molar-refractivity contribution in [2.45, 2.75) is 56.8 Å². The van der Waals surface area contributed by atoms with E-state index in [9.17, 15) is 14.4 Å². The second-order valence-electron chi connectivity index (χ2n) is 8.10. The lowest BCUT2D eigenvalue weighted by Crippen LogP contribution is -2.39. The summed E-state index contributed by atoms with van der Waals surface area (Å²) < 4.78 is 1.81. The maximum absolute atomic E-state index is 12.3. The van der Waals surface area contributed by atoms with Gasteiger partial charge in [0.1, 0.15) is 0 Å². The van der Waals surface area contributed by atoms with Crippen molar-refractivity contribution in [1.82, 2.24) is 15.1 Å². The van der Waals surface area contributed by atoms with Crippen molar-refractivity contribution in [3.63, 3.8) is 0 Å². The van der Waals surface area contributed by atoms with E-state index >= 15 is 0 Å². The molecule has 7 heteroatoms. The van der Waals surface area contributed by atoms with Crippen LogP contribution in [0.5, 0.6) is 0 Å². The van der Waals surface area contributed by atoms with E-state index in [1.807, 2.05) is 17.8 Å². The van der Waals surface area contributed by atoms with E-state index in [2.05, 4.69) is 22.5 Å². The Kier molecular flexibility index (Phi) is 4.91. The summed E-state index contributed by atoms with van der Waals surface area (Å²) >= 11 is 0. The number of hydrogen-bond acceptors (Lipinski definition) is 4. The Morgan fingerprint density at radius 1 is 1.21 bits per heavy atom. The van der Waals surface area contributed by atoms with Gasteiger partial charge < -0.3 is 5.11 Å². The number of aryl methyl sites for hydroxylation is 1. The molecule has 1 aliphatic heterocycles. The fourth-order valence-electron chi connectivity index (χ4n) is 4.71. The third kappa shape index (κ3) is 3.53. The standard InChI is InChI=1S/C21H25N3O4/c1-24-17-11-14(13-4-2-12(3-5-13)10-19(26)27)6-7-15(17)20(23-24)16-8-9-18(25)22-21(16)28/h6-7,11-13,16H,2-5,8-10H2,1H3,(H,26,27)(H,22,25,28)/t12?,13?,16-/m1/s1. The van der Waals surface area contributed by atoms with E-state index in [1.54, 1.807) is 0 Å². The minimum atomic E-state index is -0.708. The van der Waals surface area contributed by atoms with E-state index in [-0.39, 0.29) is 24.2 Å². The van der Waals surface area contributed by atoms with Crippen molar-refractivity contribution < 1.29 is 19.5 Å². The number of aromatic nitrogens is 2. The van der Waals surface area contributed by atoms with Crippen LogP contribution >= 0.6 is 0 Å². The number of nitrogens with one attached hydrogen (secondary N) is 1. The Labute approximate surface area is 163 Å². The first-order valence-electron chi connectivity index (χ1n) is 9.94. The predicted molar refractivity (Wildman–Crippen MR) is 103 cm³/mol. The van der Waals surface area contributed by atoms with E-state index in [1.165, 1.54) is 5.56 Å². The van der Waals surface area contributed by atoms with E-state index in [0.717, 1.165) is 42.3 Å². The first kappa shape index (κ1) is 18.7. The highest BCUT2D eigenvalue weighted by Gasteiger charge is 2.32. The Morgan fingerprint density at radius 3 is 2.64 bits per heavy atom. The van der Waals surface area contributed by atoms with Crippen LogP contribution in [-0.2, 0) is 21.4 Å². The van der Waals surface area contributed by atoms with Crippen molar-refractivity contribution in [3.8, 4) is 0 Å². The summed E-state index contributed by atoms with van der Waals surface area (Å²) in [6, 6.07) is 6.31. The molecule has 1 aliphatic carbocycles. The number of amides is 2. The van der Waals surface area contributed by atoms with Gasteiger partial charge in [0.15, 0.2) is 0 Å². The van der Waals surface area contributed by atoms with Gasteiger partial charge in [-0.2, -0.15) is 5.10 Å². The predicted octanol–water partition coefficient (Wildman–Crippen LogP) is 2.84. The highest BCUT2D eigenvalue weighted by molar-refractivity contribution is 6.02. The second-order valence-corrected chi connectivity index (χ2v) is 8.10. The highest BCUT2D eigenvalue weighted by atomic mass is 16.4. The molecule has 1 atom stereocenters. The lowest BCUT2D eigenvalue weighted by atomic mass is 9.77. The van der Waals surface area contributed by atoms with Crippen LogP contribution in [0.15, 0.2) is 18.2 Å². The van der Waals surface area contributed by atoms with Gasteiger partial charge in [-0.25, -0.2) is 0 Å². The molecule has 2 N–H and O–H groups in total. The molecule has 0 radical (unpaired) electrons. The molecular weight excluding hydrogens is 358 g/mol. The molecule has 7 nitrogen and oxygen atoms in total. The van der Waals surface area contributed by atoms with E-state index < -0.39 is 11.9 Å². The maximum atomic E-state index is 12.3. The van der Waals surface area contributed by atoms with Crippen LogP contribution in [-0.4, -0.2) is 32.7 Å². The van der Waals surface area contributed by atoms with Gasteiger partial charge >= 0.3 is 5.97 Å². The summed E-state index contributed by atoms with van der Waals surface area (Å²) in [4.78, 5) is 34.6. The molecule has 2 fully saturated rings. The van der Waals surface area contributed by atoms with Crippen LogP contribution in [0.1, 0.15) is 68.0 Å². The lowest BCUT2D eigenvalue weighted by Gasteiger charge is -2.28. The number of nitrogens with zero attached hydrogens (tertiary/aromatic N) is 2. The minimum absolute atomic E-state index is 0.220. The van der Waals surface area contributed by atoms with Gasteiger partial charge in [-0.05, 0) is 55.6 Å². The summed E-state index contributed by atoms with van der Waals surface area (Å²) in [5.74, 6) is -0.865. The Balaban J connectivity index is 1.56. The summed E-state index contributed by atoms with van der Waals surface area (Å²) in [7, 11) is 1.88. The van der Waals surface area contributed by atoms with Crippen molar-refractivity contribution in [2.24, 2.45) is 13.0 Å². The van der Waals surface area contributed by atoms with Gasteiger partial charge in [-0.1, -0.05) is 12.1 Å². The number of carboxylic acids is 1. The van der Waals surface area contributed by atoms with Crippen LogP contribution in [0.3, 0.4) is 0 Å². The third-order valence-corrected chi connectivity index (χ3v) is 6.25. The second kappa shape index (κ2) is 7.37. The summed E-state index contributed by atoms with van der Waals surface area (Å²) in [6.45, 7) is 0. The van der Waals surface area contributed by atoms with Gasteiger partial charge in [0.05, 0.1) is 17.1 Å². The molecule has 0 unspecified atom stereocenters. The SMILES string of the molecule is Cn1nc([C@H]2CCC(=O)NC2=O)c2ccc(C3CCC(CC(=O)O)CC3)cc21. The van der Waals surface area contributed by atoms with Gasteiger partial charge in [-0.3, -0.25) is 24.4 Å². The molecule has 0 bridgehead atoms. The number of carboxylic acid groups (broad SMARTS) is 1. The van der Waals surface area contributed by atoms with Crippen LogP contribution in [0, 0.1) is 5.92 Å². The van der Waals surface area contributed by atoms with Crippen LogP contribution < -0.4 is 5.32 Å². The van der Waals surface area contributed by atoms with Crippen molar-refractivity contribution in [2.75, 3.05) is 0 Å². The zero-order chi connectivity index (χ0) is 19.8. The fourth-order valence-corrected chi connectivity index (χ4v) is 4.71. The summed E-state index contributed by atoms with van der Waals surface area (Å²) in [5.41, 5.74) is 2.98. The monoisotopic (exact) mass is 383 g/mol. The Morgan fingerprint density at radius 2 is 1.96 bits per heavy atom. The molecular formula is C21H25N3O4. The molecule has 148 valence electrons. The number of carbonyl (C=O) groups excluding carboxylic acids is 2. The van der Waals surface area contributed by atoms with Crippen molar-refractivity contribution in [3.05, 3.63) is 29.5 Å². The summed E-state index contributed by atoms with van der Waals surface area (Å²) in [5, 5.41) is 17.0. The lowest BCUT2D eigenvalue weighted by molar-refractivity contribution is -0.138. The summed E-state index contributed by atoms with van der Waals surface area (Å²) in [6.07, 6.45) is 4.99. The molecule has 2 heterocycles. The zero-order valence-corrected chi connectivity index (χ0v) is 16.0. The number of benzene rings is 1. The van der Waals surface area contributed by atoms with Crippen molar-refractivity contribution >= 4 is 28.7 Å². The number of piperidine rings is 1. The van der Waals surface area contributed by atoms with Gasteiger partial charge in [0.2, 0.25) is 11.8 Å². The largest absolute Gasteiger partial charge is 0.481 e. The molecule has 2 aromatic rings. The molecule has 2 aliphatic rings. The van der Waals surface area contributed by atoms with Crippen LogP contribution in [0.4, 0.5) is 0 Å². The number of fused-ring (bicyclic) bond motifs is 1. The van der Waals surface area contributed by atoms with E-state index in [0.29, 0.717) is 18.8 Å². The highest BCUT2D eigenvalue weighted by Crippen LogP contribution is 2.39. The quantitative estimate of drug-likeness (QED) is 0.791. The molecule has 4 rings (SSSR count). The molecule has 28 heavy (non-hydrogen) atoms. The number of rotatable bonds is 4. The normalized spacial score (nSPS) is 25.7. The van der Waals surface area contributed by atoms with Gasteiger partial charge in [0.25, 0.3) is 0 Å². The van der Waals surface area contributed by atoms with Crippen LogP contribution in [0.25, 0.3) is 10.9 Å². The molecule has 1 aromatic carbocycles. The average molecular weight is 383 g/mol.